The van der Waals surface area contributed by atoms with E-state index in [1.807, 2.05) is 0 Å². The second kappa shape index (κ2) is 7.23. The zero-order chi connectivity index (χ0) is 22.8. The molecule has 0 radical (unpaired) electrons. The van der Waals surface area contributed by atoms with Crippen LogP contribution in [0.3, 0.4) is 0 Å². The van der Waals surface area contributed by atoms with E-state index in [4.69, 9.17) is 17.3 Å². The molecule has 6 nitrogen and oxygen atoms in total. The van der Waals surface area contributed by atoms with Gasteiger partial charge in [-0.3, -0.25) is 14.3 Å². The van der Waals surface area contributed by atoms with Gasteiger partial charge in [-0.25, -0.2) is 13.2 Å². The Kier molecular flexibility index (Phi) is 4.81. The lowest BCUT2D eigenvalue weighted by molar-refractivity contribution is -0.207. The molecular formula is C22H22ClF3N4O2. The van der Waals surface area contributed by atoms with E-state index in [9.17, 15) is 22.8 Å². The Morgan fingerprint density at radius 2 is 1.94 bits per heavy atom. The van der Waals surface area contributed by atoms with Gasteiger partial charge in [-0.2, -0.15) is 5.10 Å². The maximum Gasteiger partial charge on any atom is 0.252 e. The van der Waals surface area contributed by atoms with Gasteiger partial charge in [0.1, 0.15) is 11.5 Å². The Balaban J connectivity index is 1.31. The molecule has 2 fully saturated rings. The van der Waals surface area contributed by atoms with Crippen LogP contribution in [-0.4, -0.2) is 39.0 Å². The van der Waals surface area contributed by atoms with Crippen molar-refractivity contribution in [2.45, 2.75) is 51.1 Å². The van der Waals surface area contributed by atoms with Gasteiger partial charge in [0.05, 0.1) is 29.4 Å². The van der Waals surface area contributed by atoms with Crippen molar-refractivity contribution in [2.24, 2.45) is 17.1 Å². The number of aromatic nitrogens is 2. The largest absolute Gasteiger partial charge is 0.365 e. The number of halogens is 4. The molecule has 2 aromatic rings. The summed E-state index contributed by atoms with van der Waals surface area (Å²) >= 11 is 5.88. The number of nitrogens with zero attached hydrogens (tertiary/aromatic N) is 3. The summed E-state index contributed by atoms with van der Waals surface area (Å²) < 4.78 is 41.6. The Hall–Kier alpha value is -2.55. The molecule has 1 aromatic carbocycles. The molecule has 0 saturated heterocycles. The summed E-state index contributed by atoms with van der Waals surface area (Å²) in [6.45, 7) is 0.983. The van der Waals surface area contributed by atoms with E-state index >= 15 is 0 Å². The van der Waals surface area contributed by atoms with Gasteiger partial charge in [0.25, 0.3) is 5.91 Å². The lowest BCUT2D eigenvalue weighted by Crippen LogP contribution is -2.54. The molecule has 32 heavy (non-hydrogen) atoms. The van der Waals surface area contributed by atoms with Crippen LogP contribution in [0.5, 0.6) is 0 Å². The minimum Gasteiger partial charge on any atom is -0.365 e. The number of hydrogen-bond acceptors (Lipinski definition) is 3. The van der Waals surface area contributed by atoms with Gasteiger partial charge in [0.15, 0.2) is 0 Å². The first-order valence-corrected chi connectivity index (χ1v) is 10.9. The average molecular weight is 467 g/mol. The molecule has 3 aliphatic rings. The maximum atomic E-state index is 13.6. The molecule has 2 aliphatic carbocycles. The highest BCUT2D eigenvalue weighted by Crippen LogP contribution is 2.65. The molecule has 2 heterocycles. The third-order valence-corrected chi connectivity index (χ3v) is 7.24. The fourth-order valence-electron chi connectivity index (χ4n) is 5.65. The van der Waals surface area contributed by atoms with Gasteiger partial charge in [-0.1, -0.05) is 11.6 Å². The third-order valence-electron chi connectivity index (χ3n) is 6.95. The molecule has 0 unspecified atom stereocenters. The minimum atomic E-state index is -2.54. The smallest absolute Gasteiger partial charge is 0.252 e. The first-order valence-electron chi connectivity index (χ1n) is 10.6. The van der Waals surface area contributed by atoms with Gasteiger partial charge in [0, 0.05) is 31.4 Å². The summed E-state index contributed by atoms with van der Waals surface area (Å²) in [5.41, 5.74) is 6.84. The van der Waals surface area contributed by atoms with Crippen molar-refractivity contribution < 1.29 is 22.8 Å². The summed E-state index contributed by atoms with van der Waals surface area (Å²) in [5.74, 6) is -3.76. The lowest BCUT2D eigenvalue weighted by atomic mass is 9.50. The van der Waals surface area contributed by atoms with Crippen molar-refractivity contribution in [1.82, 2.24) is 14.7 Å². The van der Waals surface area contributed by atoms with Gasteiger partial charge in [0.2, 0.25) is 11.8 Å². The number of rotatable bonds is 4. The SMILES string of the molecule is NC(=O)c1c(-c2ccc(F)c(Cl)c2)nn2c1CN(C(=O)CC1CC3(C1)CC(F)(F)C3)CC2. The van der Waals surface area contributed by atoms with E-state index in [1.165, 1.54) is 18.2 Å². The Morgan fingerprint density at radius 3 is 2.56 bits per heavy atom. The van der Waals surface area contributed by atoms with Crippen molar-refractivity contribution >= 4 is 23.4 Å². The topological polar surface area (TPSA) is 81.2 Å². The van der Waals surface area contributed by atoms with Crippen LogP contribution in [0.1, 0.15) is 48.2 Å². The molecular weight excluding hydrogens is 445 g/mol. The molecule has 10 heteroatoms. The van der Waals surface area contributed by atoms with Crippen LogP contribution >= 0.6 is 11.6 Å². The second-order valence-corrected chi connectivity index (χ2v) is 9.80. The molecule has 2 saturated carbocycles. The highest BCUT2D eigenvalue weighted by atomic mass is 35.5. The van der Waals surface area contributed by atoms with Gasteiger partial charge < -0.3 is 10.6 Å². The first kappa shape index (κ1) is 21.3. The van der Waals surface area contributed by atoms with E-state index < -0.39 is 17.6 Å². The quantitative estimate of drug-likeness (QED) is 0.739. The van der Waals surface area contributed by atoms with Crippen LogP contribution in [0.4, 0.5) is 13.2 Å². The van der Waals surface area contributed by atoms with Crippen molar-refractivity contribution in [1.29, 1.82) is 0 Å². The molecule has 170 valence electrons. The summed E-state index contributed by atoms with van der Waals surface area (Å²) in [7, 11) is 0. The fraction of sp³-hybridized carbons (Fsp3) is 0.500. The van der Waals surface area contributed by atoms with E-state index in [0.29, 0.717) is 49.3 Å². The van der Waals surface area contributed by atoms with Crippen molar-refractivity contribution in [3.05, 3.63) is 40.3 Å². The minimum absolute atomic E-state index is 0.0637. The van der Waals surface area contributed by atoms with Crippen molar-refractivity contribution in [2.75, 3.05) is 6.54 Å². The van der Waals surface area contributed by atoms with E-state index in [0.717, 1.165) is 0 Å². The van der Waals surface area contributed by atoms with Crippen molar-refractivity contribution in [3.63, 3.8) is 0 Å². The highest BCUT2D eigenvalue weighted by Gasteiger charge is 2.61. The lowest BCUT2D eigenvalue weighted by Gasteiger charge is -2.57. The van der Waals surface area contributed by atoms with Gasteiger partial charge >= 0.3 is 0 Å². The molecule has 1 aromatic heterocycles. The summed E-state index contributed by atoms with van der Waals surface area (Å²) in [4.78, 5) is 26.8. The number of primary amides is 1. The Bertz CT molecular complexity index is 1120. The van der Waals surface area contributed by atoms with Gasteiger partial charge in [-0.05, 0) is 42.4 Å². The number of hydrogen-bond donors (Lipinski definition) is 1. The van der Waals surface area contributed by atoms with E-state index in [1.54, 1.807) is 9.58 Å². The predicted octanol–water partition coefficient (Wildman–Crippen LogP) is 4.00. The van der Waals surface area contributed by atoms with Crippen LogP contribution in [0, 0.1) is 17.2 Å². The number of alkyl halides is 2. The molecule has 2 N–H and O–H groups in total. The molecule has 5 rings (SSSR count). The molecule has 1 spiro atoms. The van der Waals surface area contributed by atoms with Gasteiger partial charge in [-0.15, -0.1) is 0 Å². The maximum absolute atomic E-state index is 13.6. The Labute approximate surface area is 187 Å². The molecule has 1 aliphatic heterocycles. The van der Waals surface area contributed by atoms with Crippen LogP contribution in [-0.2, 0) is 17.9 Å². The monoisotopic (exact) mass is 466 g/mol. The summed E-state index contributed by atoms with van der Waals surface area (Å²) in [6, 6.07) is 4.05. The number of amides is 2. The number of fused-ring (bicyclic) bond motifs is 1. The second-order valence-electron chi connectivity index (χ2n) is 9.39. The zero-order valence-corrected chi connectivity index (χ0v) is 18.0. The normalized spacial score (nSPS) is 21.1. The first-order chi connectivity index (χ1) is 15.1. The van der Waals surface area contributed by atoms with E-state index in [-0.39, 0.29) is 47.2 Å². The summed E-state index contributed by atoms with van der Waals surface area (Å²) in [6.07, 6.45) is 1.52. The number of carbonyl (C=O) groups excluding carboxylic acids is 2. The molecule has 0 bridgehead atoms. The standard InChI is InChI=1S/C22H22ClF3N4O2/c23-14-6-13(1-2-15(14)24)19-18(20(27)32)16-9-29(3-4-30(16)28-19)17(31)5-12-7-21(8-12)10-22(25,26)11-21/h1-2,6,12H,3-5,7-11H2,(H2,27,32). The number of nitrogens with two attached hydrogens (primary N) is 1. The highest BCUT2D eigenvalue weighted by molar-refractivity contribution is 6.31. The summed E-state index contributed by atoms with van der Waals surface area (Å²) in [5, 5.41) is 4.38. The number of carbonyl (C=O) groups is 2. The average Bonchev–Trinajstić information content (AvgIpc) is 3.06. The third kappa shape index (κ3) is 3.56. The van der Waals surface area contributed by atoms with Crippen molar-refractivity contribution in [3.8, 4) is 11.3 Å². The van der Waals surface area contributed by atoms with Crippen LogP contribution in [0.2, 0.25) is 5.02 Å². The van der Waals surface area contributed by atoms with E-state index in [2.05, 4.69) is 5.10 Å². The van der Waals surface area contributed by atoms with Crippen LogP contribution < -0.4 is 5.73 Å². The fourth-order valence-corrected chi connectivity index (χ4v) is 5.84. The van der Waals surface area contributed by atoms with Crippen LogP contribution in [0.25, 0.3) is 11.3 Å². The molecule has 2 amide bonds. The number of benzene rings is 1. The Morgan fingerprint density at radius 1 is 1.22 bits per heavy atom. The van der Waals surface area contributed by atoms with Crippen LogP contribution in [0.15, 0.2) is 18.2 Å². The zero-order valence-electron chi connectivity index (χ0n) is 17.2. The predicted molar refractivity (Wildman–Crippen MR) is 111 cm³/mol. The molecule has 0 atom stereocenters.